The van der Waals surface area contributed by atoms with Gasteiger partial charge >= 0.3 is 0 Å². The number of rotatable bonds is 5. The van der Waals surface area contributed by atoms with Gasteiger partial charge in [-0.3, -0.25) is 9.59 Å². The molecule has 1 heterocycles. The number of hydrogen-bond acceptors (Lipinski definition) is 4. The van der Waals surface area contributed by atoms with Crippen molar-refractivity contribution in [1.82, 2.24) is 0 Å². The van der Waals surface area contributed by atoms with Crippen molar-refractivity contribution in [3.63, 3.8) is 0 Å². The monoisotopic (exact) mass is 260 g/mol. The molecule has 0 amide bonds. The lowest BCUT2D eigenvalue weighted by atomic mass is 9.98. The predicted molar refractivity (Wildman–Crippen MR) is 75.4 cm³/mol. The van der Waals surface area contributed by atoms with Gasteiger partial charge in [0.2, 0.25) is 11.6 Å². The Labute approximate surface area is 113 Å². The summed E-state index contributed by atoms with van der Waals surface area (Å²) in [6, 6.07) is 6.40. The molecule has 0 saturated heterocycles. The Morgan fingerprint density at radius 2 is 2.11 bits per heavy atom. The summed E-state index contributed by atoms with van der Waals surface area (Å²) in [7, 11) is 0. The number of nitrogens with zero attached hydrogens (tertiary/aromatic N) is 1. The molecule has 0 fully saturated rings. The van der Waals surface area contributed by atoms with E-state index in [0.717, 1.165) is 31.5 Å². The summed E-state index contributed by atoms with van der Waals surface area (Å²) in [6.07, 6.45) is 3.02. The Kier molecular flexibility index (Phi) is 4.32. The lowest BCUT2D eigenvalue weighted by molar-refractivity contribution is -0.134. The first-order valence-corrected chi connectivity index (χ1v) is 6.78. The molecule has 0 aromatic heterocycles. The maximum Gasteiger partial charge on any atom is 0.218 e. The van der Waals surface area contributed by atoms with E-state index in [-0.39, 0.29) is 13.1 Å². The van der Waals surface area contributed by atoms with Gasteiger partial charge in [0.05, 0.1) is 13.1 Å². The van der Waals surface area contributed by atoms with Crippen LogP contribution in [0.1, 0.15) is 24.5 Å². The van der Waals surface area contributed by atoms with Crippen LogP contribution in [0.25, 0.3) is 0 Å². The van der Waals surface area contributed by atoms with Crippen LogP contribution in [0.2, 0.25) is 0 Å². The lowest BCUT2D eigenvalue weighted by Gasteiger charge is -2.31. The van der Waals surface area contributed by atoms with Crippen LogP contribution >= 0.6 is 0 Å². The average Bonchev–Trinajstić information content (AvgIpc) is 2.46. The van der Waals surface area contributed by atoms with Gasteiger partial charge in [-0.15, -0.1) is 0 Å². The van der Waals surface area contributed by atoms with Crippen LogP contribution in [0, 0.1) is 0 Å². The molecule has 0 saturated carbocycles. The zero-order chi connectivity index (χ0) is 13.8. The molecule has 0 aliphatic carbocycles. The molecule has 1 aliphatic heterocycles. The molecule has 0 unspecified atom stereocenters. The van der Waals surface area contributed by atoms with Crippen molar-refractivity contribution in [1.29, 1.82) is 0 Å². The average molecular weight is 260 g/mol. The molecule has 0 radical (unpaired) electrons. The van der Waals surface area contributed by atoms with Gasteiger partial charge in [-0.05, 0) is 36.5 Å². The number of benzene rings is 1. The van der Waals surface area contributed by atoms with Gasteiger partial charge in [0.15, 0.2) is 0 Å². The molecule has 4 heteroatoms. The molecule has 19 heavy (non-hydrogen) atoms. The number of nitrogens with two attached hydrogens (primary N) is 1. The SMILES string of the molecule is CCc1ccc2c(c1)N(CC(=O)C(=O)CN)CCC2. The van der Waals surface area contributed by atoms with E-state index in [2.05, 4.69) is 25.1 Å². The van der Waals surface area contributed by atoms with E-state index in [0.29, 0.717) is 0 Å². The third-order valence-electron chi connectivity index (χ3n) is 3.60. The van der Waals surface area contributed by atoms with E-state index in [1.807, 2.05) is 4.90 Å². The quantitative estimate of drug-likeness (QED) is 0.805. The molecular weight excluding hydrogens is 240 g/mol. The first-order chi connectivity index (χ1) is 9.15. The van der Waals surface area contributed by atoms with Crippen molar-refractivity contribution in [3.8, 4) is 0 Å². The topological polar surface area (TPSA) is 63.4 Å². The third-order valence-corrected chi connectivity index (χ3v) is 3.60. The van der Waals surface area contributed by atoms with Crippen molar-refractivity contribution < 1.29 is 9.59 Å². The van der Waals surface area contributed by atoms with Crippen LogP contribution in [0.3, 0.4) is 0 Å². The second-order valence-corrected chi connectivity index (χ2v) is 4.89. The molecule has 0 bridgehead atoms. The molecule has 2 N–H and O–H groups in total. The van der Waals surface area contributed by atoms with Crippen LogP contribution in [0.5, 0.6) is 0 Å². The molecule has 0 spiro atoms. The smallest absolute Gasteiger partial charge is 0.218 e. The maximum atomic E-state index is 11.7. The molecule has 0 atom stereocenters. The Balaban J connectivity index is 2.21. The number of fused-ring (bicyclic) bond motifs is 1. The highest BCUT2D eigenvalue weighted by Gasteiger charge is 2.21. The van der Waals surface area contributed by atoms with E-state index in [1.165, 1.54) is 11.1 Å². The van der Waals surface area contributed by atoms with Gasteiger partial charge in [-0.1, -0.05) is 19.1 Å². The minimum absolute atomic E-state index is 0.149. The highest BCUT2D eigenvalue weighted by molar-refractivity contribution is 6.39. The van der Waals surface area contributed by atoms with Crippen LogP contribution < -0.4 is 10.6 Å². The van der Waals surface area contributed by atoms with Crippen LogP contribution in [0.4, 0.5) is 5.69 Å². The minimum atomic E-state index is -0.487. The van der Waals surface area contributed by atoms with Gasteiger partial charge in [0, 0.05) is 12.2 Å². The van der Waals surface area contributed by atoms with Crippen molar-refractivity contribution in [2.75, 3.05) is 24.5 Å². The molecule has 1 aliphatic rings. The number of aryl methyl sites for hydroxylation is 2. The third kappa shape index (κ3) is 3.01. The zero-order valence-electron chi connectivity index (χ0n) is 11.3. The van der Waals surface area contributed by atoms with E-state index >= 15 is 0 Å². The number of hydrogen-bond donors (Lipinski definition) is 1. The highest BCUT2D eigenvalue weighted by atomic mass is 16.2. The molecular formula is C15H20N2O2. The Morgan fingerprint density at radius 3 is 2.79 bits per heavy atom. The number of Topliss-reactive ketones (excluding diaryl/α,β-unsaturated/α-hetero) is 2. The van der Waals surface area contributed by atoms with Crippen molar-refractivity contribution in [2.24, 2.45) is 5.73 Å². The molecule has 102 valence electrons. The van der Waals surface area contributed by atoms with Gasteiger partial charge in [-0.2, -0.15) is 0 Å². The van der Waals surface area contributed by atoms with Gasteiger partial charge in [0.25, 0.3) is 0 Å². The summed E-state index contributed by atoms with van der Waals surface area (Å²) in [5, 5.41) is 0. The van der Waals surface area contributed by atoms with Crippen molar-refractivity contribution in [2.45, 2.75) is 26.2 Å². The Bertz CT molecular complexity index is 497. The van der Waals surface area contributed by atoms with Crippen LogP contribution in [0.15, 0.2) is 18.2 Å². The summed E-state index contributed by atoms with van der Waals surface area (Å²) < 4.78 is 0. The Hall–Kier alpha value is -1.68. The fraction of sp³-hybridized carbons (Fsp3) is 0.467. The van der Waals surface area contributed by atoms with Crippen molar-refractivity contribution in [3.05, 3.63) is 29.3 Å². The fourth-order valence-electron chi connectivity index (χ4n) is 2.46. The number of ketones is 2. The lowest BCUT2D eigenvalue weighted by Crippen LogP contribution is -2.38. The second kappa shape index (κ2) is 5.97. The van der Waals surface area contributed by atoms with E-state index in [1.54, 1.807) is 0 Å². The number of anilines is 1. The second-order valence-electron chi connectivity index (χ2n) is 4.89. The molecule has 1 aromatic rings. The van der Waals surface area contributed by atoms with Crippen molar-refractivity contribution >= 4 is 17.3 Å². The summed E-state index contributed by atoms with van der Waals surface area (Å²) in [5.41, 5.74) is 8.84. The standard InChI is InChI=1S/C15H20N2O2/c1-2-11-5-6-12-4-3-7-17(13(12)8-11)10-15(19)14(18)9-16/h5-6,8H,2-4,7,9-10,16H2,1H3. The number of carbonyl (C=O) groups is 2. The first kappa shape index (κ1) is 13.7. The van der Waals surface area contributed by atoms with Gasteiger partial charge in [-0.25, -0.2) is 0 Å². The maximum absolute atomic E-state index is 11.7. The molecule has 4 nitrogen and oxygen atoms in total. The summed E-state index contributed by atoms with van der Waals surface area (Å²) >= 11 is 0. The highest BCUT2D eigenvalue weighted by Crippen LogP contribution is 2.28. The normalized spacial score (nSPS) is 14.1. The fourth-order valence-corrected chi connectivity index (χ4v) is 2.46. The van der Waals surface area contributed by atoms with Gasteiger partial charge < -0.3 is 10.6 Å². The Morgan fingerprint density at radius 1 is 1.32 bits per heavy atom. The summed E-state index contributed by atoms with van der Waals surface area (Å²) in [4.78, 5) is 25.1. The van der Waals surface area contributed by atoms with Crippen LogP contribution in [-0.2, 0) is 22.4 Å². The van der Waals surface area contributed by atoms with Crippen LogP contribution in [-0.4, -0.2) is 31.2 Å². The summed E-state index contributed by atoms with van der Waals surface area (Å²) in [6.45, 7) is 2.88. The largest absolute Gasteiger partial charge is 0.363 e. The molecule has 2 rings (SSSR count). The van der Waals surface area contributed by atoms with E-state index in [9.17, 15) is 9.59 Å². The predicted octanol–water partition coefficient (Wildman–Crippen LogP) is 1.10. The minimum Gasteiger partial charge on any atom is -0.363 e. The first-order valence-electron chi connectivity index (χ1n) is 6.78. The summed E-state index contributed by atoms with van der Waals surface area (Å²) in [5.74, 6) is -0.879. The van der Waals surface area contributed by atoms with E-state index in [4.69, 9.17) is 5.73 Å². The zero-order valence-corrected chi connectivity index (χ0v) is 11.3. The van der Waals surface area contributed by atoms with Gasteiger partial charge in [0.1, 0.15) is 0 Å². The molecule has 1 aromatic carbocycles. The van der Waals surface area contributed by atoms with E-state index < -0.39 is 11.6 Å². The number of carbonyl (C=O) groups excluding carboxylic acids is 2.